The van der Waals surface area contributed by atoms with Crippen LogP contribution in [0.15, 0.2) is 29.6 Å². The first-order valence-corrected chi connectivity index (χ1v) is 7.35. The molecule has 1 aromatic heterocycles. The molecule has 21 heavy (non-hydrogen) atoms. The topological polar surface area (TPSA) is 70.5 Å². The van der Waals surface area contributed by atoms with Gasteiger partial charge in [0.15, 0.2) is 0 Å². The van der Waals surface area contributed by atoms with E-state index in [2.05, 4.69) is 4.98 Å². The number of carboxylic acids is 1. The smallest absolute Gasteiger partial charge is 0.305 e. The molecular weight excluding hydrogens is 288 g/mol. The van der Waals surface area contributed by atoms with E-state index in [0.717, 1.165) is 16.3 Å². The maximum absolute atomic E-state index is 12.1. The van der Waals surface area contributed by atoms with Gasteiger partial charge in [-0.05, 0) is 19.1 Å². The molecule has 1 amide bonds. The van der Waals surface area contributed by atoms with Gasteiger partial charge < -0.3 is 10.0 Å². The normalized spacial score (nSPS) is 10.4. The summed E-state index contributed by atoms with van der Waals surface area (Å²) in [6, 6.07) is 7.19. The molecule has 6 heteroatoms. The van der Waals surface area contributed by atoms with Crippen LogP contribution in [-0.4, -0.2) is 40.5 Å². The number of aliphatic carboxylic acids is 1. The summed E-state index contributed by atoms with van der Waals surface area (Å²) in [6.07, 6.45) is -0.0571. The minimum absolute atomic E-state index is 0.0571. The van der Waals surface area contributed by atoms with Gasteiger partial charge in [-0.15, -0.1) is 11.3 Å². The van der Waals surface area contributed by atoms with Crippen molar-refractivity contribution in [3.63, 3.8) is 0 Å². The van der Waals surface area contributed by atoms with E-state index in [1.54, 1.807) is 30.5 Å². The fourth-order valence-electron chi connectivity index (χ4n) is 1.86. The fourth-order valence-corrected chi connectivity index (χ4v) is 2.49. The van der Waals surface area contributed by atoms with Crippen molar-refractivity contribution in [2.75, 3.05) is 13.6 Å². The number of hydrogen-bond acceptors (Lipinski definition) is 4. The third-order valence-electron chi connectivity index (χ3n) is 3.05. The lowest BCUT2D eigenvalue weighted by atomic mass is 10.1. The molecule has 2 rings (SSSR count). The van der Waals surface area contributed by atoms with E-state index in [1.807, 2.05) is 24.4 Å². The molecule has 0 aliphatic heterocycles. The molecule has 0 fully saturated rings. The number of hydrogen-bond donors (Lipinski definition) is 1. The highest BCUT2D eigenvalue weighted by Crippen LogP contribution is 2.22. The molecular formula is C15H16N2O3S. The molecule has 0 saturated heterocycles. The van der Waals surface area contributed by atoms with Gasteiger partial charge in [0.2, 0.25) is 0 Å². The highest BCUT2D eigenvalue weighted by atomic mass is 32.1. The average Bonchev–Trinajstić information content (AvgIpc) is 2.90. The SMILES string of the molecule is Cc1nc(-c2ccc(C(=O)N(C)CCC(=O)O)cc2)cs1. The molecule has 1 aromatic carbocycles. The monoisotopic (exact) mass is 304 g/mol. The molecule has 0 atom stereocenters. The standard InChI is InChI=1S/C15H16N2O3S/c1-10-16-13(9-21-10)11-3-5-12(6-4-11)15(20)17(2)8-7-14(18)19/h3-6,9H,7-8H2,1-2H3,(H,18,19). The predicted molar refractivity (Wildman–Crippen MR) is 81.5 cm³/mol. The number of aromatic nitrogens is 1. The Bertz CT molecular complexity index is 649. The lowest BCUT2D eigenvalue weighted by molar-refractivity contribution is -0.137. The van der Waals surface area contributed by atoms with Crippen LogP contribution in [0.3, 0.4) is 0 Å². The Morgan fingerprint density at radius 3 is 2.48 bits per heavy atom. The Morgan fingerprint density at radius 1 is 1.29 bits per heavy atom. The first kappa shape index (κ1) is 15.2. The molecule has 0 unspecified atom stereocenters. The Kier molecular flexibility index (Phi) is 4.70. The lowest BCUT2D eigenvalue weighted by Crippen LogP contribution is -2.28. The summed E-state index contributed by atoms with van der Waals surface area (Å²) in [7, 11) is 1.60. The maximum Gasteiger partial charge on any atom is 0.305 e. The molecule has 5 nitrogen and oxygen atoms in total. The molecule has 1 N–H and O–H groups in total. The van der Waals surface area contributed by atoms with Gasteiger partial charge in [0, 0.05) is 30.1 Å². The van der Waals surface area contributed by atoms with Crippen molar-refractivity contribution in [3.05, 3.63) is 40.2 Å². The first-order valence-electron chi connectivity index (χ1n) is 6.47. The first-order chi connectivity index (χ1) is 9.97. The number of benzene rings is 1. The number of carbonyl (C=O) groups excluding carboxylic acids is 1. The summed E-state index contributed by atoms with van der Waals surface area (Å²) in [4.78, 5) is 28.5. The summed E-state index contributed by atoms with van der Waals surface area (Å²) >= 11 is 1.58. The quantitative estimate of drug-likeness (QED) is 0.922. The van der Waals surface area contributed by atoms with E-state index >= 15 is 0 Å². The Balaban J connectivity index is 2.08. The van der Waals surface area contributed by atoms with Crippen LogP contribution in [0, 0.1) is 6.92 Å². The number of thiazole rings is 1. The number of carboxylic acid groups (broad SMARTS) is 1. The van der Waals surface area contributed by atoms with Gasteiger partial charge in [0.25, 0.3) is 5.91 Å². The van der Waals surface area contributed by atoms with E-state index < -0.39 is 5.97 Å². The largest absolute Gasteiger partial charge is 0.481 e. The summed E-state index contributed by atoms with van der Waals surface area (Å²) in [5.74, 6) is -1.10. The highest BCUT2D eigenvalue weighted by molar-refractivity contribution is 7.09. The second kappa shape index (κ2) is 6.49. The van der Waals surface area contributed by atoms with Crippen LogP contribution in [-0.2, 0) is 4.79 Å². The van der Waals surface area contributed by atoms with Crippen molar-refractivity contribution in [2.24, 2.45) is 0 Å². The Hall–Kier alpha value is -2.21. The average molecular weight is 304 g/mol. The van der Waals surface area contributed by atoms with Gasteiger partial charge in [0.05, 0.1) is 17.1 Å². The van der Waals surface area contributed by atoms with Crippen molar-refractivity contribution < 1.29 is 14.7 Å². The van der Waals surface area contributed by atoms with Crippen LogP contribution < -0.4 is 0 Å². The van der Waals surface area contributed by atoms with E-state index in [4.69, 9.17) is 5.11 Å². The summed E-state index contributed by atoms with van der Waals surface area (Å²) in [5.41, 5.74) is 2.40. The number of nitrogens with zero attached hydrogens (tertiary/aromatic N) is 2. The minimum atomic E-state index is -0.913. The van der Waals surface area contributed by atoms with Crippen molar-refractivity contribution in [1.29, 1.82) is 0 Å². The van der Waals surface area contributed by atoms with Crippen LogP contribution in [0.25, 0.3) is 11.3 Å². The zero-order valence-corrected chi connectivity index (χ0v) is 12.7. The molecule has 0 bridgehead atoms. The maximum atomic E-state index is 12.1. The van der Waals surface area contributed by atoms with Crippen molar-refractivity contribution in [3.8, 4) is 11.3 Å². The lowest BCUT2D eigenvalue weighted by Gasteiger charge is -2.16. The Morgan fingerprint density at radius 2 is 1.95 bits per heavy atom. The molecule has 0 aliphatic rings. The van der Waals surface area contributed by atoms with Gasteiger partial charge in [-0.2, -0.15) is 0 Å². The number of amides is 1. The molecule has 110 valence electrons. The summed E-state index contributed by atoms with van der Waals surface area (Å²) in [6.45, 7) is 2.14. The third kappa shape index (κ3) is 3.88. The van der Waals surface area contributed by atoms with Gasteiger partial charge in [-0.1, -0.05) is 12.1 Å². The zero-order chi connectivity index (χ0) is 15.4. The summed E-state index contributed by atoms with van der Waals surface area (Å²) < 4.78 is 0. The van der Waals surface area contributed by atoms with E-state index in [9.17, 15) is 9.59 Å². The predicted octanol–water partition coefficient (Wildman–Crippen LogP) is 2.67. The molecule has 1 heterocycles. The van der Waals surface area contributed by atoms with Crippen molar-refractivity contribution in [1.82, 2.24) is 9.88 Å². The van der Waals surface area contributed by atoms with E-state index in [1.165, 1.54) is 4.90 Å². The third-order valence-corrected chi connectivity index (χ3v) is 3.83. The summed E-state index contributed by atoms with van der Waals surface area (Å²) in [5, 5.41) is 11.6. The van der Waals surface area contributed by atoms with Crippen LogP contribution in [0.1, 0.15) is 21.8 Å². The molecule has 0 aliphatic carbocycles. The van der Waals surface area contributed by atoms with Gasteiger partial charge in [-0.3, -0.25) is 9.59 Å². The van der Waals surface area contributed by atoms with Crippen LogP contribution >= 0.6 is 11.3 Å². The Labute approximate surface area is 126 Å². The molecule has 0 saturated carbocycles. The van der Waals surface area contributed by atoms with Gasteiger partial charge >= 0.3 is 5.97 Å². The van der Waals surface area contributed by atoms with Crippen molar-refractivity contribution in [2.45, 2.75) is 13.3 Å². The van der Waals surface area contributed by atoms with Gasteiger partial charge in [0.1, 0.15) is 0 Å². The highest BCUT2D eigenvalue weighted by Gasteiger charge is 2.13. The van der Waals surface area contributed by atoms with Gasteiger partial charge in [-0.25, -0.2) is 4.98 Å². The molecule has 0 spiro atoms. The number of carbonyl (C=O) groups is 2. The van der Waals surface area contributed by atoms with Crippen LogP contribution in [0.4, 0.5) is 0 Å². The van der Waals surface area contributed by atoms with E-state index in [-0.39, 0.29) is 18.9 Å². The second-order valence-corrected chi connectivity index (χ2v) is 5.76. The van der Waals surface area contributed by atoms with Crippen LogP contribution in [0.2, 0.25) is 0 Å². The number of rotatable bonds is 5. The minimum Gasteiger partial charge on any atom is -0.481 e. The molecule has 2 aromatic rings. The zero-order valence-electron chi connectivity index (χ0n) is 11.9. The van der Waals surface area contributed by atoms with Crippen LogP contribution in [0.5, 0.6) is 0 Å². The molecule has 0 radical (unpaired) electrons. The second-order valence-electron chi connectivity index (χ2n) is 4.70. The fraction of sp³-hybridized carbons (Fsp3) is 0.267. The van der Waals surface area contributed by atoms with Crippen molar-refractivity contribution >= 4 is 23.2 Å². The van der Waals surface area contributed by atoms with E-state index in [0.29, 0.717) is 5.56 Å². The number of aryl methyl sites for hydroxylation is 1.